The number of carbonyl (C=O) groups excluding carboxylic acids is 1. The van der Waals surface area contributed by atoms with Crippen LogP contribution in [0.1, 0.15) is 46.1 Å². The highest BCUT2D eigenvalue weighted by atomic mass is 16.5. The number of ether oxygens (including phenoxy) is 1. The van der Waals surface area contributed by atoms with Gasteiger partial charge in [0.2, 0.25) is 0 Å². The number of aliphatic hydroxyl groups excluding tert-OH is 1. The quantitative estimate of drug-likeness (QED) is 0.906. The molecule has 2 aliphatic rings. The van der Waals surface area contributed by atoms with E-state index in [4.69, 9.17) is 9.15 Å². The lowest BCUT2D eigenvalue weighted by molar-refractivity contribution is 0.0235. The van der Waals surface area contributed by atoms with Crippen molar-refractivity contribution in [3.63, 3.8) is 0 Å². The van der Waals surface area contributed by atoms with Crippen LogP contribution in [-0.2, 0) is 6.42 Å². The SMILES string of the molecule is Cc1occc1C(=O)NC(c1ccc2c(c1)CCO2)C1CC(O)C1. The molecule has 1 aliphatic carbocycles. The van der Waals surface area contributed by atoms with Gasteiger partial charge in [-0.05, 0) is 55.0 Å². The van der Waals surface area contributed by atoms with Gasteiger partial charge in [0.25, 0.3) is 5.91 Å². The number of amides is 1. The summed E-state index contributed by atoms with van der Waals surface area (Å²) in [6.45, 7) is 2.50. The summed E-state index contributed by atoms with van der Waals surface area (Å²) < 4.78 is 10.8. The van der Waals surface area contributed by atoms with Gasteiger partial charge in [0.05, 0.1) is 30.6 Å². The van der Waals surface area contributed by atoms with Crippen molar-refractivity contribution >= 4 is 5.91 Å². The highest BCUT2D eigenvalue weighted by Gasteiger charge is 2.36. The Balaban J connectivity index is 1.60. The van der Waals surface area contributed by atoms with Gasteiger partial charge in [0.1, 0.15) is 11.5 Å². The molecule has 2 aromatic rings. The zero-order valence-corrected chi connectivity index (χ0v) is 13.6. The third-order valence-corrected chi connectivity index (χ3v) is 5.08. The minimum Gasteiger partial charge on any atom is -0.493 e. The van der Waals surface area contributed by atoms with Gasteiger partial charge in [-0.15, -0.1) is 0 Å². The standard InChI is InChI=1S/C19H21NO4/c1-11-16(5-7-23-11)19(22)20-18(14-9-15(21)10-14)13-2-3-17-12(8-13)4-6-24-17/h2-3,5,7-8,14-15,18,21H,4,6,9-10H2,1H3,(H,20,22). The van der Waals surface area contributed by atoms with E-state index >= 15 is 0 Å². The molecular formula is C19H21NO4. The Morgan fingerprint density at radius 1 is 1.33 bits per heavy atom. The molecule has 1 atom stereocenters. The summed E-state index contributed by atoms with van der Waals surface area (Å²) in [5.41, 5.74) is 2.82. The van der Waals surface area contributed by atoms with E-state index in [1.807, 2.05) is 12.1 Å². The van der Waals surface area contributed by atoms with Crippen molar-refractivity contribution in [2.45, 2.75) is 38.3 Å². The van der Waals surface area contributed by atoms with Gasteiger partial charge < -0.3 is 19.6 Å². The number of hydrogen-bond acceptors (Lipinski definition) is 4. The molecule has 5 heteroatoms. The van der Waals surface area contributed by atoms with Gasteiger partial charge in [-0.1, -0.05) is 6.07 Å². The first kappa shape index (κ1) is 15.3. The Bertz CT molecular complexity index is 760. The summed E-state index contributed by atoms with van der Waals surface area (Å²) in [5.74, 6) is 1.66. The molecule has 5 nitrogen and oxygen atoms in total. The number of fused-ring (bicyclic) bond motifs is 1. The van der Waals surface area contributed by atoms with Crippen LogP contribution in [0.15, 0.2) is 34.9 Å². The van der Waals surface area contributed by atoms with Crippen LogP contribution < -0.4 is 10.1 Å². The van der Waals surface area contributed by atoms with Gasteiger partial charge in [0.15, 0.2) is 0 Å². The molecule has 0 saturated heterocycles. The van der Waals surface area contributed by atoms with Crippen molar-refractivity contribution in [1.29, 1.82) is 0 Å². The number of nitrogens with one attached hydrogen (secondary N) is 1. The second-order valence-corrected chi connectivity index (χ2v) is 6.69. The number of benzene rings is 1. The Labute approximate surface area is 140 Å². The number of rotatable bonds is 4. The highest BCUT2D eigenvalue weighted by molar-refractivity contribution is 5.95. The van der Waals surface area contributed by atoms with Crippen molar-refractivity contribution in [1.82, 2.24) is 5.32 Å². The monoisotopic (exact) mass is 327 g/mol. The average molecular weight is 327 g/mol. The van der Waals surface area contributed by atoms with Crippen molar-refractivity contribution in [2.75, 3.05) is 6.61 Å². The molecule has 0 bridgehead atoms. The number of furan rings is 1. The first-order chi connectivity index (χ1) is 11.6. The maximum Gasteiger partial charge on any atom is 0.255 e. The Kier molecular flexibility index (Phi) is 3.81. The van der Waals surface area contributed by atoms with Crippen LogP contribution in [0.5, 0.6) is 5.75 Å². The predicted octanol–water partition coefficient (Wildman–Crippen LogP) is 2.76. The molecule has 1 fully saturated rings. The second-order valence-electron chi connectivity index (χ2n) is 6.69. The fraction of sp³-hybridized carbons (Fsp3) is 0.421. The molecule has 24 heavy (non-hydrogen) atoms. The van der Waals surface area contributed by atoms with E-state index in [2.05, 4.69) is 11.4 Å². The minimum atomic E-state index is -0.261. The molecule has 0 radical (unpaired) electrons. The molecule has 4 rings (SSSR count). The normalized spacial score (nSPS) is 23.1. The molecule has 0 spiro atoms. The number of aryl methyl sites for hydroxylation is 1. The number of aliphatic hydroxyl groups is 1. The van der Waals surface area contributed by atoms with E-state index in [9.17, 15) is 9.90 Å². The lowest BCUT2D eigenvalue weighted by atomic mass is 9.74. The van der Waals surface area contributed by atoms with E-state index in [1.165, 1.54) is 11.8 Å². The van der Waals surface area contributed by atoms with Crippen LogP contribution in [0, 0.1) is 12.8 Å². The summed E-state index contributed by atoms with van der Waals surface area (Å²) in [4.78, 5) is 12.6. The maximum absolute atomic E-state index is 12.6. The molecule has 2 heterocycles. The van der Waals surface area contributed by atoms with E-state index in [1.54, 1.807) is 13.0 Å². The van der Waals surface area contributed by atoms with Crippen LogP contribution in [0.2, 0.25) is 0 Å². The van der Waals surface area contributed by atoms with Crippen molar-refractivity contribution in [3.8, 4) is 5.75 Å². The molecule has 1 unspecified atom stereocenters. The Hall–Kier alpha value is -2.27. The summed E-state index contributed by atoms with van der Waals surface area (Å²) in [6.07, 6.45) is 3.59. The lowest BCUT2D eigenvalue weighted by Gasteiger charge is -2.38. The van der Waals surface area contributed by atoms with E-state index in [0.29, 0.717) is 30.8 Å². The van der Waals surface area contributed by atoms with Crippen LogP contribution >= 0.6 is 0 Å². The van der Waals surface area contributed by atoms with Crippen molar-refractivity contribution in [3.05, 3.63) is 53.0 Å². The summed E-state index contributed by atoms with van der Waals surface area (Å²) >= 11 is 0. The summed E-state index contributed by atoms with van der Waals surface area (Å²) in [7, 11) is 0. The number of carbonyl (C=O) groups is 1. The third-order valence-electron chi connectivity index (χ3n) is 5.08. The van der Waals surface area contributed by atoms with Crippen molar-refractivity contribution in [2.24, 2.45) is 5.92 Å². The van der Waals surface area contributed by atoms with E-state index in [-0.39, 0.29) is 24.0 Å². The molecule has 1 saturated carbocycles. The minimum absolute atomic E-state index is 0.110. The molecular weight excluding hydrogens is 306 g/mol. The fourth-order valence-corrected chi connectivity index (χ4v) is 3.61. The number of hydrogen-bond donors (Lipinski definition) is 2. The molecule has 2 N–H and O–H groups in total. The zero-order valence-electron chi connectivity index (χ0n) is 13.6. The first-order valence-electron chi connectivity index (χ1n) is 8.40. The Morgan fingerprint density at radius 2 is 2.17 bits per heavy atom. The smallest absolute Gasteiger partial charge is 0.255 e. The molecule has 1 aliphatic heterocycles. The van der Waals surface area contributed by atoms with Crippen molar-refractivity contribution < 1.29 is 19.1 Å². The van der Waals surface area contributed by atoms with Gasteiger partial charge in [0, 0.05) is 6.42 Å². The third kappa shape index (κ3) is 2.69. The van der Waals surface area contributed by atoms with Gasteiger partial charge in [-0.25, -0.2) is 0 Å². The molecule has 1 aromatic carbocycles. The van der Waals surface area contributed by atoms with Gasteiger partial charge >= 0.3 is 0 Å². The lowest BCUT2D eigenvalue weighted by Crippen LogP contribution is -2.41. The largest absolute Gasteiger partial charge is 0.493 e. The average Bonchev–Trinajstić information content (AvgIpc) is 3.17. The van der Waals surface area contributed by atoms with Crippen LogP contribution in [0.4, 0.5) is 0 Å². The maximum atomic E-state index is 12.6. The van der Waals surface area contributed by atoms with Crippen LogP contribution in [0.3, 0.4) is 0 Å². The summed E-state index contributed by atoms with van der Waals surface area (Å²) in [6, 6.07) is 7.70. The second kappa shape index (κ2) is 5.98. The topological polar surface area (TPSA) is 71.7 Å². The van der Waals surface area contributed by atoms with Gasteiger partial charge in [-0.2, -0.15) is 0 Å². The summed E-state index contributed by atoms with van der Waals surface area (Å²) in [5, 5.41) is 12.8. The van der Waals surface area contributed by atoms with Gasteiger partial charge in [-0.3, -0.25) is 4.79 Å². The fourth-order valence-electron chi connectivity index (χ4n) is 3.61. The first-order valence-corrected chi connectivity index (χ1v) is 8.40. The van der Waals surface area contributed by atoms with E-state index < -0.39 is 0 Å². The van der Waals surface area contributed by atoms with E-state index in [0.717, 1.165) is 17.7 Å². The van der Waals surface area contributed by atoms with Crippen LogP contribution in [-0.4, -0.2) is 23.7 Å². The van der Waals surface area contributed by atoms with Crippen LogP contribution in [0.25, 0.3) is 0 Å². The predicted molar refractivity (Wildman–Crippen MR) is 88.0 cm³/mol. The highest BCUT2D eigenvalue weighted by Crippen LogP contribution is 2.40. The zero-order chi connectivity index (χ0) is 16.7. The Morgan fingerprint density at radius 3 is 2.88 bits per heavy atom. The molecule has 1 amide bonds. The molecule has 1 aromatic heterocycles. The molecule has 126 valence electrons.